The minimum absolute atomic E-state index is 0.864. The van der Waals surface area contributed by atoms with Crippen LogP contribution in [0.15, 0.2) is 21.0 Å². The van der Waals surface area contributed by atoms with Crippen molar-refractivity contribution in [1.29, 1.82) is 0 Å². The van der Waals surface area contributed by atoms with E-state index in [1.54, 1.807) is 0 Å². The molecule has 0 amide bonds. The summed E-state index contributed by atoms with van der Waals surface area (Å²) in [5.41, 5.74) is 1.88. The minimum atomic E-state index is 0.864. The average Bonchev–Trinajstić information content (AvgIpc) is 2.66. The van der Waals surface area contributed by atoms with Crippen molar-refractivity contribution < 1.29 is 8.83 Å². The van der Waals surface area contributed by atoms with Gasteiger partial charge in [0, 0.05) is 0 Å². The normalized spacial score (nSPS) is 10.0. The topological polar surface area (TPSA) is 26.3 Å². The fourth-order valence-electron chi connectivity index (χ4n) is 1.64. The Bertz CT molecular complexity index is 523. The number of hydrogen-bond acceptors (Lipinski definition) is 2. The van der Waals surface area contributed by atoms with Crippen LogP contribution in [0.2, 0.25) is 0 Å². The first-order valence-corrected chi connectivity index (χ1v) is 5.22. The van der Waals surface area contributed by atoms with Gasteiger partial charge >= 0.3 is 0 Å². The van der Waals surface area contributed by atoms with Gasteiger partial charge in [-0.2, -0.15) is 0 Å². The van der Waals surface area contributed by atoms with Gasteiger partial charge in [-0.3, -0.25) is 0 Å². The second kappa shape index (κ2) is 3.94. The molecule has 0 unspecified atom stereocenters. The summed E-state index contributed by atoms with van der Waals surface area (Å²) < 4.78 is 10.8. The van der Waals surface area contributed by atoms with Crippen molar-refractivity contribution in [1.82, 2.24) is 0 Å². The smallest absolute Gasteiger partial charge is 0.116 e. The van der Waals surface area contributed by atoms with Crippen molar-refractivity contribution in [2.75, 3.05) is 0 Å². The number of hydrogen-bond donors (Lipinski definition) is 0. The zero-order valence-electron chi connectivity index (χ0n) is 9.97. The van der Waals surface area contributed by atoms with Crippen molar-refractivity contribution in [2.24, 2.45) is 0 Å². The van der Waals surface area contributed by atoms with Crippen LogP contribution in [0.4, 0.5) is 0 Å². The third-order valence-corrected chi connectivity index (χ3v) is 2.41. The molecule has 0 atom stereocenters. The monoisotopic (exact) mass is 214 g/mol. The summed E-state index contributed by atoms with van der Waals surface area (Å²) in [7, 11) is 0. The Labute approximate surface area is 95.3 Å². The molecule has 0 aliphatic carbocycles. The highest BCUT2D eigenvalue weighted by atomic mass is 16.3. The molecule has 82 valence electrons. The molecule has 0 aliphatic heterocycles. The second-order valence-electron chi connectivity index (χ2n) is 3.90. The Hall–Kier alpha value is -1.88. The van der Waals surface area contributed by atoms with Crippen LogP contribution in [0.1, 0.15) is 34.2 Å². The largest absolute Gasteiger partial charge is 0.465 e. The Morgan fingerprint density at radius 2 is 1.12 bits per heavy atom. The van der Waals surface area contributed by atoms with E-state index in [0.29, 0.717) is 0 Å². The van der Waals surface area contributed by atoms with E-state index in [0.717, 1.165) is 34.2 Å². The molecule has 0 spiro atoms. The van der Waals surface area contributed by atoms with E-state index >= 15 is 0 Å². The van der Waals surface area contributed by atoms with Crippen LogP contribution in [-0.2, 0) is 0 Å². The van der Waals surface area contributed by atoms with Gasteiger partial charge in [-0.25, -0.2) is 0 Å². The minimum Gasteiger partial charge on any atom is -0.465 e. The quantitative estimate of drug-likeness (QED) is 0.627. The second-order valence-corrected chi connectivity index (χ2v) is 3.90. The van der Waals surface area contributed by atoms with Gasteiger partial charge in [0.2, 0.25) is 0 Å². The number of rotatable bonds is 0. The Morgan fingerprint density at radius 3 is 1.38 bits per heavy atom. The number of aryl methyl sites for hydroxylation is 4. The number of furan rings is 2. The molecular formula is C14H14O2. The lowest BCUT2D eigenvalue weighted by molar-refractivity contribution is 0.503. The first-order valence-electron chi connectivity index (χ1n) is 5.22. The molecule has 0 N–H and O–H groups in total. The molecule has 0 bridgehead atoms. The highest BCUT2D eigenvalue weighted by Crippen LogP contribution is 2.14. The van der Waals surface area contributed by atoms with E-state index < -0.39 is 0 Å². The van der Waals surface area contributed by atoms with Crippen molar-refractivity contribution in [3.05, 3.63) is 46.3 Å². The molecule has 2 aromatic heterocycles. The van der Waals surface area contributed by atoms with Crippen molar-refractivity contribution in [2.45, 2.75) is 27.7 Å². The van der Waals surface area contributed by atoms with Crippen LogP contribution in [0.3, 0.4) is 0 Å². The lowest BCUT2D eigenvalue weighted by Crippen LogP contribution is -1.75. The lowest BCUT2D eigenvalue weighted by atomic mass is 10.2. The van der Waals surface area contributed by atoms with Gasteiger partial charge in [0.15, 0.2) is 0 Å². The third-order valence-electron chi connectivity index (χ3n) is 2.41. The predicted molar refractivity (Wildman–Crippen MR) is 62.3 cm³/mol. The molecular weight excluding hydrogens is 200 g/mol. The van der Waals surface area contributed by atoms with E-state index in [4.69, 9.17) is 8.83 Å². The molecule has 0 fully saturated rings. The Morgan fingerprint density at radius 1 is 0.750 bits per heavy atom. The Kier molecular flexibility index (Phi) is 2.62. The van der Waals surface area contributed by atoms with E-state index in [1.807, 2.05) is 39.8 Å². The van der Waals surface area contributed by atoms with Gasteiger partial charge < -0.3 is 8.83 Å². The zero-order chi connectivity index (χ0) is 11.7. The first kappa shape index (κ1) is 10.6. The Balaban J connectivity index is 2.35. The van der Waals surface area contributed by atoms with Gasteiger partial charge in [0.1, 0.15) is 23.0 Å². The predicted octanol–water partition coefficient (Wildman–Crippen LogP) is 3.51. The summed E-state index contributed by atoms with van der Waals surface area (Å²) >= 11 is 0. The molecule has 0 radical (unpaired) electrons. The van der Waals surface area contributed by atoms with Crippen LogP contribution < -0.4 is 0 Å². The SMILES string of the molecule is Cc1cc(C#Cc2cc(C)oc2C)c(C)o1. The molecule has 0 saturated carbocycles. The third kappa shape index (κ3) is 2.04. The molecule has 2 heteroatoms. The average molecular weight is 214 g/mol. The summed E-state index contributed by atoms with van der Waals surface area (Å²) in [4.78, 5) is 0. The highest BCUT2D eigenvalue weighted by molar-refractivity contribution is 5.46. The van der Waals surface area contributed by atoms with E-state index in [9.17, 15) is 0 Å². The lowest BCUT2D eigenvalue weighted by Gasteiger charge is -1.84. The standard InChI is InChI=1S/C14H14O2/c1-9-7-13(11(3)15-9)5-6-14-8-10(2)16-12(14)4/h7-8H,1-4H3. The maximum atomic E-state index is 5.41. The molecule has 2 heterocycles. The van der Waals surface area contributed by atoms with Crippen LogP contribution in [-0.4, -0.2) is 0 Å². The van der Waals surface area contributed by atoms with Crippen molar-refractivity contribution in [3.8, 4) is 11.8 Å². The maximum Gasteiger partial charge on any atom is 0.116 e. The summed E-state index contributed by atoms with van der Waals surface area (Å²) in [6, 6.07) is 3.90. The van der Waals surface area contributed by atoms with E-state index in [-0.39, 0.29) is 0 Å². The van der Waals surface area contributed by atoms with Crippen molar-refractivity contribution >= 4 is 0 Å². The summed E-state index contributed by atoms with van der Waals surface area (Å²) in [6.45, 7) is 7.69. The molecule has 16 heavy (non-hydrogen) atoms. The highest BCUT2D eigenvalue weighted by Gasteiger charge is 2.03. The van der Waals surface area contributed by atoms with Crippen LogP contribution in [0.25, 0.3) is 0 Å². The first-order chi connectivity index (χ1) is 7.56. The zero-order valence-corrected chi connectivity index (χ0v) is 9.97. The maximum absolute atomic E-state index is 5.41. The molecule has 0 aromatic carbocycles. The summed E-state index contributed by atoms with van der Waals surface area (Å²) in [5, 5.41) is 0. The fraction of sp³-hybridized carbons (Fsp3) is 0.286. The van der Waals surface area contributed by atoms with E-state index in [1.165, 1.54) is 0 Å². The van der Waals surface area contributed by atoms with Gasteiger partial charge in [0.25, 0.3) is 0 Å². The van der Waals surface area contributed by atoms with Gasteiger partial charge in [-0.1, -0.05) is 11.8 Å². The fourth-order valence-corrected chi connectivity index (χ4v) is 1.64. The van der Waals surface area contributed by atoms with Gasteiger partial charge in [-0.15, -0.1) is 0 Å². The van der Waals surface area contributed by atoms with E-state index in [2.05, 4.69) is 11.8 Å². The van der Waals surface area contributed by atoms with Crippen LogP contribution in [0.5, 0.6) is 0 Å². The molecule has 2 nitrogen and oxygen atoms in total. The summed E-state index contributed by atoms with van der Waals surface area (Å²) in [5.74, 6) is 9.71. The molecule has 2 rings (SSSR count). The van der Waals surface area contributed by atoms with Crippen LogP contribution in [0, 0.1) is 39.5 Å². The van der Waals surface area contributed by atoms with Crippen LogP contribution >= 0.6 is 0 Å². The molecule has 0 aliphatic rings. The van der Waals surface area contributed by atoms with Gasteiger partial charge in [0.05, 0.1) is 11.1 Å². The van der Waals surface area contributed by atoms with Crippen molar-refractivity contribution in [3.63, 3.8) is 0 Å². The molecule has 0 saturated heterocycles. The van der Waals surface area contributed by atoms with Gasteiger partial charge in [-0.05, 0) is 39.8 Å². The molecule has 2 aromatic rings. The summed E-state index contributed by atoms with van der Waals surface area (Å²) in [6.07, 6.45) is 0.